The molecular formula is C15H14BrClN2O. The molecule has 3 nitrogen and oxygen atoms in total. The van der Waals surface area contributed by atoms with Gasteiger partial charge in [0.2, 0.25) is 0 Å². The van der Waals surface area contributed by atoms with Crippen LogP contribution in [0.25, 0.3) is 0 Å². The molecule has 0 aliphatic rings. The minimum atomic E-state index is -0.168. The fourth-order valence-corrected chi connectivity index (χ4v) is 2.42. The highest BCUT2D eigenvalue weighted by Gasteiger charge is 2.10. The van der Waals surface area contributed by atoms with Crippen LogP contribution in [0, 0.1) is 6.92 Å². The molecule has 0 aliphatic heterocycles. The van der Waals surface area contributed by atoms with E-state index in [2.05, 4.69) is 26.6 Å². The lowest BCUT2D eigenvalue weighted by Gasteiger charge is -2.10. The first-order chi connectivity index (χ1) is 9.52. The van der Waals surface area contributed by atoms with Gasteiger partial charge in [-0.15, -0.1) is 0 Å². The summed E-state index contributed by atoms with van der Waals surface area (Å²) in [5.74, 6) is -0.168. The molecule has 0 aliphatic carbocycles. The van der Waals surface area contributed by atoms with Gasteiger partial charge in [0.05, 0.1) is 15.2 Å². The minimum absolute atomic E-state index is 0.168. The third kappa shape index (κ3) is 3.14. The number of nitrogens with one attached hydrogen (secondary N) is 2. The number of rotatable bonds is 3. The Kier molecular flexibility index (Phi) is 4.68. The predicted molar refractivity (Wildman–Crippen MR) is 87.8 cm³/mol. The number of halogens is 2. The maximum atomic E-state index is 12.2. The van der Waals surface area contributed by atoms with E-state index in [1.165, 1.54) is 0 Å². The summed E-state index contributed by atoms with van der Waals surface area (Å²) in [4.78, 5) is 12.2. The smallest absolute Gasteiger partial charge is 0.255 e. The number of hydrogen-bond acceptors (Lipinski definition) is 2. The van der Waals surface area contributed by atoms with E-state index in [-0.39, 0.29) is 5.91 Å². The van der Waals surface area contributed by atoms with Crippen molar-refractivity contribution in [1.29, 1.82) is 0 Å². The Balaban J connectivity index is 2.24. The van der Waals surface area contributed by atoms with Gasteiger partial charge in [-0.25, -0.2) is 0 Å². The highest BCUT2D eigenvalue weighted by Crippen LogP contribution is 2.30. The van der Waals surface area contributed by atoms with Crippen LogP contribution in [0.5, 0.6) is 0 Å². The van der Waals surface area contributed by atoms with Crippen molar-refractivity contribution in [1.82, 2.24) is 0 Å². The van der Waals surface area contributed by atoms with Crippen molar-refractivity contribution >= 4 is 44.8 Å². The molecule has 2 rings (SSSR count). The topological polar surface area (TPSA) is 41.1 Å². The third-order valence-electron chi connectivity index (χ3n) is 2.96. The Hall–Kier alpha value is -1.52. The van der Waals surface area contributed by atoms with Crippen molar-refractivity contribution < 1.29 is 4.79 Å². The van der Waals surface area contributed by atoms with Crippen LogP contribution in [-0.2, 0) is 0 Å². The van der Waals surface area contributed by atoms with E-state index in [9.17, 15) is 4.79 Å². The van der Waals surface area contributed by atoms with Gasteiger partial charge in [-0.1, -0.05) is 17.7 Å². The van der Waals surface area contributed by atoms with E-state index in [0.717, 1.165) is 11.3 Å². The summed E-state index contributed by atoms with van der Waals surface area (Å²) < 4.78 is 0.679. The molecule has 2 aromatic carbocycles. The summed E-state index contributed by atoms with van der Waals surface area (Å²) in [6.45, 7) is 1.96. The Bertz CT molecular complexity index is 658. The zero-order valence-electron chi connectivity index (χ0n) is 11.1. The van der Waals surface area contributed by atoms with Gasteiger partial charge in [0.25, 0.3) is 5.91 Å². The van der Waals surface area contributed by atoms with Crippen LogP contribution in [0.1, 0.15) is 15.9 Å². The highest BCUT2D eigenvalue weighted by molar-refractivity contribution is 9.10. The molecule has 0 spiro atoms. The number of aryl methyl sites for hydroxylation is 1. The molecule has 0 atom stereocenters. The maximum Gasteiger partial charge on any atom is 0.255 e. The van der Waals surface area contributed by atoms with E-state index < -0.39 is 0 Å². The average Bonchev–Trinajstić information content (AvgIpc) is 2.43. The Labute approximate surface area is 131 Å². The summed E-state index contributed by atoms with van der Waals surface area (Å²) in [5, 5.41) is 6.47. The Morgan fingerprint density at radius 3 is 2.60 bits per heavy atom. The molecule has 0 saturated heterocycles. The summed E-state index contributed by atoms with van der Waals surface area (Å²) in [6, 6.07) is 10.9. The van der Waals surface area contributed by atoms with E-state index in [1.807, 2.05) is 26.1 Å². The standard InChI is InChI=1S/C15H14BrClN2O/c1-9-8-10(6-7-12(9)18-2)15(20)19-13-5-3-4-11(17)14(13)16/h3-8,18H,1-2H3,(H,19,20). The van der Waals surface area contributed by atoms with Gasteiger partial charge < -0.3 is 10.6 Å². The zero-order chi connectivity index (χ0) is 14.7. The molecule has 20 heavy (non-hydrogen) atoms. The van der Waals surface area contributed by atoms with Crippen molar-refractivity contribution in [3.63, 3.8) is 0 Å². The average molecular weight is 354 g/mol. The lowest BCUT2D eigenvalue weighted by Crippen LogP contribution is -2.12. The first-order valence-corrected chi connectivity index (χ1v) is 7.24. The van der Waals surface area contributed by atoms with Gasteiger partial charge in [0.15, 0.2) is 0 Å². The zero-order valence-corrected chi connectivity index (χ0v) is 13.5. The van der Waals surface area contributed by atoms with Crippen LogP contribution in [-0.4, -0.2) is 13.0 Å². The van der Waals surface area contributed by atoms with Gasteiger partial charge in [-0.3, -0.25) is 4.79 Å². The van der Waals surface area contributed by atoms with E-state index >= 15 is 0 Å². The van der Waals surface area contributed by atoms with E-state index in [4.69, 9.17) is 11.6 Å². The van der Waals surface area contributed by atoms with Crippen LogP contribution in [0.15, 0.2) is 40.9 Å². The lowest BCUT2D eigenvalue weighted by molar-refractivity contribution is 0.102. The van der Waals surface area contributed by atoms with Crippen LogP contribution in [0.2, 0.25) is 5.02 Å². The number of carbonyl (C=O) groups excluding carboxylic acids is 1. The fourth-order valence-electron chi connectivity index (χ4n) is 1.88. The normalized spacial score (nSPS) is 10.2. The summed E-state index contributed by atoms with van der Waals surface area (Å²) in [7, 11) is 1.85. The second-order valence-electron chi connectivity index (χ2n) is 4.34. The Morgan fingerprint density at radius 2 is 1.95 bits per heavy atom. The first kappa shape index (κ1) is 14.9. The van der Waals surface area contributed by atoms with Crippen LogP contribution in [0.4, 0.5) is 11.4 Å². The van der Waals surface area contributed by atoms with Crippen molar-refractivity contribution in [2.75, 3.05) is 17.7 Å². The molecule has 0 saturated carbocycles. The molecule has 0 heterocycles. The number of anilines is 2. The highest BCUT2D eigenvalue weighted by atomic mass is 79.9. The number of hydrogen-bond donors (Lipinski definition) is 2. The van der Waals surface area contributed by atoms with Gasteiger partial charge in [-0.05, 0) is 58.7 Å². The minimum Gasteiger partial charge on any atom is -0.388 e. The molecule has 5 heteroatoms. The largest absolute Gasteiger partial charge is 0.388 e. The summed E-state index contributed by atoms with van der Waals surface area (Å²) in [6.07, 6.45) is 0. The fraction of sp³-hybridized carbons (Fsp3) is 0.133. The van der Waals surface area contributed by atoms with Crippen molar-refractivity contribution in [3.8, 4) is 0 Å². The molecule has 0 radical (unpaired) electrons. The molecule has 0 unspecified atom stereocenters. The molecule has 2 N–H and O–H groups in total. The van der Waals surface area contributed by atoms with Gasteiger partial charge in [0, 0.05) is 18.3 Å². The predicted octanol–water partition coefficient (Wildman–Crippen LogP) is 4.70. The van der Waals surface area contributed by atoms with Gasteiger partial charge in [-0.2, -0.15) is 0 Å². The van der Waals surface area contributed by atoms with Crippen molar-refractivity contribution in [2.45, 2.75) is 6.92 Å². The molecule has 104 valence electrons. The van der Waals surface area contributed by atoms with Gasteiger partial charge >= 0.3 is 0 Å². The van der Waals surface area contributed by atoms with Crippen molar-refractivity contribution in [3.05, 3.63) is 57.0 Å². The molecule has 0 bridgehead atoms. The third-order valence-corrected chi connectivity index (χ3v) is 4.36. The molecule has 0 aromatic heterocycles. The summed E-state index contributed by atoms with van der Waals surface area (Å²) >= 11 is 9.36. The second kappa shape index (κ2) is 6.29. The number of benzene rings is 2. The monoisotopic (exact) mass is 352 g/mol. The first-order valence-electron chi connectivity index (χ1n) is 6.06. The number of amides is 1. The molecule has 1 amide bonds. The van der Waals surface area contributed by atoms with E-state index in [1.54, 1.807) is 24.3 Å². The van der Waals surface area contributed by atoms with Crippen LogP contribution < -0.4 is 10.6 Å². The van der Waals surface area contributed by atoms with E-state index in [0.29, 0.717) is 20.7 Å². The number of carbonyl (C=O) groups is 1. The summed E-state index contributed by atoms with van der Waals surface area (Å²) in [5.41, 5.74) is 3.28. The molecule has 0 fully saturated rings. The molecular weight excluding hydrogens is 340 g/mol. The van der Waals surface area contributed by atoms with Crippen LogP contribution in [0.3, 0.4) is 0 Å². The lowest BCUT2D eigenvalue weighted by atomic mass is 10.1. The molecule has 2 aromatic rings. The van der Waals surface area contributed by atoms with Gasteiger partial charge in [0.1, 0.15) is 0 Å². The second-order valence-corrected chi connectivity index (χ2v) is 5.54. The maximum absolute atomic E-state index is 12.2. The Morgan fingerprint density at radius 1 is 1.20 bits per heavy atom. The SMILES string of the molecule is CNc1ccc(C(=O)Nc2cccc(Cl)c2Br)cc1C. The quantitative estimate of drug-likeness (QED) is 0.839. The van der Waals surface area contributed by atoms with Crippen molar-refractivity contribution in [2.24, 2.45) is 0 Å². The van der Waals surface area contributed by atoms with Crippen LogP contribution >= 0.6 is 27.5 Å².